The zero-order chi connectivity index (χ0) is 14.9. The number of ether oxygens (including phenoxy) is 2. The van der Waals surface area contributed by atoms with Crippen molar-refractivity contribution in [1.82, 2.24) is 4.90 Å². The first-order valence-electron chi connectivity index (χ1n) is 7.78. The topological polar surface area (TPSA) is 45.5 Å². The van der Waals surface area contributed by atoms with Crippen molar-refractivity contribution in [2.45, 2.75) is 32.3 Å². The fourth-order valence-electron chi connectivity index (χ4n) is 2.72. The second-order valence-corrected chi connectivity index (χ2v) is 5.36. The lowest BCUT2D eigenvalue weighted by Gasteiger charge is -2.32. The normalized spacial score (nSPS) is 19.1. The van der Waals surface area contributed by atoms with E-state index in [0.29, 0.717) is 18.3 Å². The Bertz CT molecular complexity index is 468. The summed E-state index contributed by atoms with van der Waals surface area (Å²) in [4.78, 5) is 2.46. The summed E-state index contributed by atoms with van der Waals surface area (Å²) in [5.41, 5.74) is 0.642. The molecule has 1 aromatic rings. The molecule has 1 aromatic carbocycles. The highest BCUT2D eigenvalue weighted by molar-refractivity contribution is 5.36. The number of hydrogen-bond donors (Lipinski definition) is 0. The zero-order valence-electron chi connectivity index (χ0n) is 12.8. The lowest BCUT2D eigenvalue weighted by Crippen LogP contribution is -2.40. The number of hydrogen-bond acceptors (Lipinski definition) is 4. The summed E-state index contributed by atoms with van der Waals surface area (Å²) in [6.45, 7) is 6.79. The van der Waals surface area contributed by atoms with E-state index in [1.54, 1.807) is 12.1 Å². The highest BCUT2D eigenvalue weighted by Crippen LogP contribution is 2.15. The summed E-state index contributed by atoms with van der Waals surface area (Å²) in [6, 6.07) is 9.44. The van der Waals surface area contributed by atoms with E-state index >= 15 is 0 Å². The van der Waals surface area contributed by atoms with Gasteiger partial charge in [0.15, 0.2) is 0 Å². The molecule has 4 nitrogen and oxygen atoms in total. The molecule has 0 amide bonds. The number of benzene rings is 1. The molecule has 0 N–H and O–H groups in total. The minimum Gasteiger partial charge on any atom is -0.494 e. The Kier molecular flexibility index (Phi) is 6.52. The molecule has 1 aliphatic rings. The first kappa shape index (κ1) is 15.8. The van der Waals surface area contributed by atoms with Crippen LogP contribution in [0.25, 0.3) is 0 Å². The molecule has 0 spiro atoms. The Morgan fingerprint density at radius 3 is 3.14 bits per heavy atom. The molecule has 1 unspecified atom stereocenters. The molecule has 21 heavy (non-hydrogen) atoms. The molecule has 0 aliphatic carbocycles. The van der Waals surface area contributed by atoms with Crippen molar-refractivity contribution >= 4 is 0 Å². The third-order valence-electron chi connectivity index (χ3n) is 3.72. The van der Waals surface area contributed by atoms with Crippen molar-refractivity contribution in [3.05, 3.63) is 29.8 Å². The second-order valence-electron chi connectivity index (χ2n) is 5.36. The van der Waals surface area contributed by atoms with Crippen LogP contribution in [-0.4, -0.2) is 43.9 Å². The molecule has 4 heteroatoms. The number of nitriles is 1. The fraction of sp³-hybridized carbons (Fsp3) is 0.588. The van der Waals surface area contributed by atoms with Gasteiger partial charge >= 0.3 is 0 Å². The van der Waals surface area contributed by atoms with Crippen molar-refractivity contribution in [3.8, 4) is 11.8 Å². The van der Waals surface area contributed by atoms with Gasteiger partial charge < -0.3 is 14.4 Å². The number of nitrogens with zero attached hydrogens (tertiary/aromatic N) is 2. The summed E-state index contributed by atoms with van der Waals surface area (Å²) in [5, 5.41) is 8.85. The molecular formula is C17H24N2O2. The summed E-state index contributed by atoms with van der Waals surface area (Å²) in [5.74, 6) is 0.778. The first-order chi connectivity index (χ1) is 10.3. The van der Waals surface area contributed by atoms with Gasteiger partial charge in [-0.25, -0.2) is 0 Å². The quantitative estimate of drug-likeness (QED) is 0.724. The summed E-state index contributed by atoms with van der Waals surface area (Å²) in [7, 11) is 0. The molecule has 0 bridgehead atoms. The van der Waals surface area contributed by atoms with Crippen LogP contribution in [0.15, 0.2) is 24.3 Å². The molecule has 0 saturated carbocycles. The van der Waals surface area contributed by atoms with Gasteiger partial charge in [0.25, 0.3) is 0 Å². The Morgan fingerprint density at radius 2 is 2.33 bits per heavy atom. The van der Waals surface area contributed by atoms with Gasteiger partial charge in [0, 0.05) is 19.7 Å². The molecule has 1 saturated heterocycles. The van der Waals surface area contributed by atoms with Crippen molar-refractivity contribution in [2.75, 3.05) is 32.8 Å². The van der Waals surface area contributed by atoms with Gasteiger partial charge in [-0.3, -0.25) is 0 Å². The van der Waals surface area contributed by atoms with Gasteiger partial charge in [-0.15, -0.1) is 0 Å². The third-order valence-corrected chi connectivity index (χ3v) is 3.72. The number of likely N-dealkylation sites (tertiary alicyclic amines) is 1. The van der Waals surface area contributed by atoms with E-state index in [9.17, 15) is 0 Å². The van der Waals surface area contributed by atoms with Crippen LogP contribution in [0.3, 0.4) is 0 Å². The van der Waals surface area contributed by atoms with Crippen LogP contribution in [0.1, 0.15) is 31.7 Å². The van der Waals surface area contributed by atoms with Crippen molar-refractivity contribution < 1.29 is 9.47 Å². The number of rotatable bonds is 7. The van der Waals surface area contributed by atoms with Crippen LogP contribution in [0.2, 0.25) is 0 Å². The Hall–Kier alpha value is -1.57. The molecular weight excluding hydrogens is 264 g/mol. The highest BCUT2D eigenvalue weighted by Gasteiger charge is 2.19. The largest absolute Gasteiger partial charge is 0.494 e. The third kappa shape index (κ3) is 5.37. The van der Waals surface area contributed by atoms with E-state index in [1.165, 1.54) is 12.8 Å². The average molecular weight is 288 g/mol. The van der Waals surface area contributed by atoms with Crippen LogP contribution in [0, 0.1) is 11.3 Å². The highest BCUT2D eigenvalue weighted by atomic mass is 16.5. The molecule has 2 rings (SSSR count). The van der Waals surface area contributed by atoms with Crippen LogP contribution < -0.4 is 4.74 Å². The van der Waals surface area contributed by atoms with E-state index in [1.807, 2.05) is 12.1 Å². The lowest BCUT2D eigenvalue weighted by molar-refractivity contribution is 0.00491. The van der Waals surface area contributed by atoms with E-state index in [2.05, 4.69) is 17.9 Å². The van der Waals surface area contributed by atoms with Gasteiger partial charge in [0.05, 0.1) is 24.3 Å². The summed E-state index contributed by atoms with van der Waals surface area (Å²) < 4.78 is 11.4. The minimum absolute atomic E-state index is 0.400. The standard InChI is InChI=1S/C17H24N2O2/c1-2-20-17-8-4-9-19(14-17)10-5-11-21-16-7-3-6-15(12-16)13-18/h3,6-7,12,17H,2,4-5,8-11,14H2,1H3. The lowest BCUT2D eigenvalue weighted by atomic mass is 10.1. The van der Waals surface area contributed by atoms with Crippen molar-refractivity contribution in [3.63, 3.8) is 0 Å². The molecule has 0 radical (unpaired) electrons. The van der Waals surface area contributed by atoms with E-state index in [4.69, 9.17) is 14.7 Å². The Labute approximate surface area is 127 Å². The van der Waals surface area contributed by atoms with Gasteiger partial charge in [-0.1, -0.05) is 6.07 Å². The molecule has 1 fully saturated rings. The average Bonchev–Trinajstić information content (AvgIpc) is 2.52. The fourth-order valence-corrected chi connectivity index (χ4v) is 2.72. The maximum atomic E-state index is 8.85. The van der Waals surface area contributed by atoms with Crippen molar-refractivity contribution in [1.29, 1.82) is 5.26 Å². The smallest absolute Gasteiger partial charge is 0.120 e. The van der Waals surface area contributed by atoms with Crippen LogP contribution in [-0.2, 0) is 4.74 Å². The van der Waals surface area contributed by atoms with Crippen LogP contribution in [0.4, 0.5) is 0 Å². The van der Waals surface area contributed by atoms with Crippen molar-refractivity contribution in [2.24, 2.45) is 0 Å². The van der Waals surface area contributed by atoms with E-state index in [0.717, 1.165) is 38.4 Å². The van der Waals surface area contributed by atoms with E-state index in [-0.39, 0.29) is 0 Å². The summed E-state index contributed by atoms with van der Waals surface area (Å²) in [6.07, 6.45) is 3.80. The first-order valence-corrected chi connectivity index (χ1v) is 7.78. The van der Waals surface area contributed by atoms with Gasteiger partial charge in [0.2, 0.25) is 0 Å². The maximum Gasteiger partial charge on any atom is 0.120 e. The molecule has 1 atom stereocenters. The SMILES string of the molecule is CCOC1CCCN(CCCOc2cccc(C#N)c2)C1. The monoisotopic (exact) mass is 288 g/mol. The minimum atomic E-state index is 0.400. The second kappa shape index (κ2) is 8.66. The maximum absolute atomic E-state index is 8.85. The summed E-state index contributed by atoms with van der Waals surface area (Å²) >= 11 is 0. The molecule has 1 aliphatic heterocycles. The molecule has 114 valence electrons. The van der Waals surface area contributed by atoms with E-state index < -0.39 is 0 Å². The van der Waals surface area contributed by atoms with Gasteiger partial charge in [-0.05, 0) is 50.9 Å². The Balaban J connectivity index is 1.66. The zero-order valence-corrected chi connectivity index (χ0v) is 12.8. The molecule has 1 heterocycles. The number of piperidine rings is 1. The predicted molar refractivity (Wildman–Crippen MR) is 82.4 cm³/mol. The predicted octanol–water partition coefficient (Wildman–Crippen LogP) is 2.83. The Morgan fingerprint density at radius 1 is 1.43 bits per heavy atom. The van der Waals surface area contributed by atoms with Gasteiger partial charge in [-0.2, -0.15) is 5.26 Å². The van der Waals surface area contributed by atoms with Gasteiger partial charge in [0.1, 0.15) is 5.75 Å². The molecule has 0 aromatic heterocycles. The van der Waals surface area contributed by atoms with Crippen LogP contribution >= 0.6 is 0 Å². The van der Waals surface area contributed by atoms with Crippen LogP contribution in [0.5, 0.6) is 5.75 Å².